The average Bonchev–Trinajstić information content (AvgIpc) is 2.13. The van der Waals surface area contributed by atoms with Gasteiger partial charge in [0.25, 0.3) is 0 Å². The molecule has 2 N–H and O–H groups in total. The smallest absolute Gasteiger partial charge is 0.142 e. The summed E-state index contributed by atoms with van der Waals surface area (Å²) in [5, 5.41) is 0. The summed E-state index contributed by atoms with van der Waals surface area (Å²) in [5.41, 5.74) is 5.42. The number of aromatic nitrogens is 2. The van der Waals surface area contributed by atoms with Gasteiger partial charge in [0, 0.05) is 20.4 Å². The lowest BCUT2D eigenvalue weighted by molar-refractivity contribution is 0.175. The number of hydrogen-bond donors (Lipinski definition) is 1. The Kier molecular flexibility index (Phi) is 1.91. The van der Waals surface area contributed by atoms with E-state index in [1.54, 1.807) is 13.3 Å². The number of rotatable bonds is 2. The van der Waals surface area contributed by atoms with E-state index in [4.69, 9.17) is 10.5 Å². The molecule has 0 bridgehead atoms. The second-order valence-electron chi connectivity index (χ2n) is 2.13. The minimum absolute atomic E-state index is 0.508. The molecule has 0 aromatic carbocycles. The summed E-state index contributed by atoms with van der Waals surface area (Å²) in [7, 11) is 3.52. The molecule has 10 heavy (non-hydrogen) atoms. The van der Waals surface area contributed by atoms with Gasteiger partial charge in [-0.1, -0.05) is 0 Å². The summed E-state index contributed by atoms with van der Waals surface area (Å²) in [5.74, 6) is 1.38. The summed E-state index contributed by atoms with van der Waals surface area (Å²) in [6.07, 6.45) is 1.76. The molecule has 56 valence electrons. The van der Waals surface area contributed by atoms with Gasteiger partial charge in [0.05, 0.1) is 0 Å². The van der Waals surface area contributed by atoms with Crippen molar-refractivity contribution >= 4 is 5.82 Å². The van der Waals surface area contributed by atoms with Crippen LogP contribution in [0, 0.1) is 0 Å². The van der Waals surface area contributed by atoms with Gasteiger partial charge in [0.1, 0.15) is 18.2 Å². The number of hydrogen-bond acceptors (Lipinski definition) is 3. The first-order valence-corrected chi connectivity index (χ1v) is 3.00. The highest BCUT2D eigenvalue weighted by Crippen LogP contribution is 2.02. The molecular weight excluding hydrogens is 130 g/mol. The zero-order chi connectivity index (χ0) is 7.56. The second-order valence-corrected chi connectivity index (χ2v) is 2.13. The number of imidazole rings is 1. The molecule has 0 aliphatic carbocycles. The van der Waals surface area contributed by atoms with Crippen LogP contribution in [0.5, 0.6) is 0 Å². The zero-order valence-corrected chi connectivity index (χ0v) is 6.16. The van der Waals surface area contributed by atoms with E-state index >= 15 is 0 Å². The molecule has 0 aliphatic rings. The molecule has 4 heteroatoms. The van der Waals surface area contributed by atoms with E-state index in [9.17, 15) is 0 Å². The Hall–Kier alpha value is -1.03. The van der Waals surface area contributed by atoms with Gasteiger partial charge in [-0.3, -0.25) is 0 Å². The molecule has 1 heterocycles. The van der Waals surface area contributed by atoms with Crippen LogP contribution >= 0.6 is 0 Å². The predicted molar refractivity (Wildman–Crippen MR) is 38.3 cm³/mol. The van der Waals surface area contributed by atoms with Crippen LogP contribution in [0.15, 0.2) is 6.20 Å². The maximum absolute atomic E-state index is 5.42. The number of anilines is 1. The molecular formula is C6H11N3O. The number of nitrogens with two attached hydrogens (primary N) is 1. The molecule has 0 spiro atoms. The fourth-order valence-corrected chi connectivity index (χ4v) is 0.793. The van der Waals surface area contributed by atoms with Crippen molar-refractivity contribution in [2.75, 3.05) is 12.8 Å². The van der Waals surface area contributed by atoms with Crippen molar-refractivity contribution in [3.8, 4) is 0 Å². The van der Waals surface area contributed by atoms with Crippen LogP contribution in [0.3, 0.4) is 0 Å². The maximum atomic E-state index is 5.42. The highest BCUT2D eigenvalue weighted by molar-refractivity contribution is 5.25. The molecule has 0 amide bonds. The molecule has 0 atom stereocenters. The normalized spacial score (nSPS) is 10.2. The quantitative estimate of drug-likeness (QED) is 0.637. The maximum Gasteiger partial charge on any atom is 0.142 e. The Labute approximate surface area is 59.6 Å². The predicted octanol–water partition coefficient (Wildman–Crippen LogP) is 0.149. The Morgan fingerprint density at radius 1 is 1.80 bits per heavy atom. The molecule has 0 radical (unpaired) electrons. The van der Waals surface area contributed by atoms with E-state index in [0.29, 0.717) is 12.4 Å². The lowest BCUT2D eigenvalue weighted by atomic mass is 10.6. The van der Waals surface area contributed by atoms with Crippen LogP contribution in [-0.4, -0.2) is 16.7 Å². The van der Waals surface area contributed by atoms with E-state index in [2.05, 4.69) is 4.98 Å². The SMILES string of the molecule is COCc1nc(N)cn1C. The van der Waals surface area contributed by atoms with Gasteiger partial charge >= 0.3 is 0 Å². The van der Waals surface area contributed by atoms with Crippen LogP contribution < -0.4 is 5.73 Å². The molecule has 0 saturated carbocycles. The molecule has 0 saturated heterocycles. The van der Waals surface area contributed by atoms with Gasteiger partial charge in [-0.2, -0.15) is 0 Å². The molecule has 0 aliphatic heterocycles. The van der Waals surface area contributed by atoms with Gasteiger partial charge in [-0.25, -0.2) is 4.98 Å². The van der Waals surface area contributed by atoms with Crippen molar-refractivity contribution in [2.45, 2.75) is 6.61 Å². The standard InChI is InChI=1S/C6H11N3O/c1-9-3-5(7)8-6(9)4-10-2/h3H,4,7H2,1-2H3. The van der Waals surface area contributed by atoms with Crippen molar-refractivity contribution in [3.05, 3.63) is 12.0 Å². The molecule has 0 fully saturated rings. The zero-order valence-electron chi connectivity index (χ0n) is 6.16. The average molecular weight is 141 g/mol. The minimum Gasteiger partial charge on any atom is -0.382 e. The molecule has 1 aromatic rings. The van der Waals surface area contributed by atoms with Crippen LogP contribution in [0.1, 0.15) is 5.82 Å². The third-order valence-electron chi connectivity index (χ3n) is 1.26. The van der Waals surface area contributed by atoms with Crippen LogP contribution in [0.2, 0.25) is 0 Å². The number of methoxy groups -OCH3 is 1. The Bertz CT molecular complexity index is 219. The highest BCUT2D eigenvalue weighted by atomic mass is 16.5. The number of nitrogens with zero attached hydrogens (tertiary/aromatic N) is 2. The van der Waals surface area contributed by atoms with Crippen molar-refractivity contribution in [3.63, 3.8) is 0 Å². The molecule has 1 aromatic heterocycles. The van der Waals surface area contributed by atoms with E-state index in [1.807, 2.05) is 11.6 Å². The van der Waals surface area contributed by atoms with Crippen LogP contribution in [0.25, 0.3) is 0 Å². The molecule has 1 rings (SSSR count). The van der Waals surface area contributed by atoms with Gasteiger partial charge in [-0.15, -0.1) is 0 Å². The summed E-state index contributed by atoms with van der Waals surface area (Å²) in [6.45, 7) is 0.508. The van der Waals surface area contributed by atoms with Crippen molar-refractivity contribution in [1.29, 1.82) is 0 Å². The fourth-order valence-electron chi connectivity index (χ4n) is 0.793. The van der Waals surface area contributed by atoms with Crippen molar-refractivity contribution in [1.82, 2.24) is 9.55 Å². The first-order chi connectivity index (χ1) is 4.74. The van der Waals surface area contributed by atoms with E-state index in [1.165, 1.54) is 0 Å². The Morgan fingerprint density at radius 3 is 2.90 bits per heavy atom. The fraction of sp³-hybridized carbons (Fsp3) is 0.500. The molecule has 0 unspecified atom stereocenters. The van der Waals surface area contributed by atoms with Crippen molar-refractivity contribution < 1.29 is 4.74 Å². The monoisotopic (exact) mass is 141 g/mol. The third kappa shape index (κ3) is 1.27. The summed E-state index contributed by atoms with van der Waals surface area (Å²) in [6, 6.07) is 0. The minimum atomic E-state index is 0.508. The molecule has 4 nitrogen and oxygen atoms in total. The highest BCUT2D eigenvalue weighted by Gasteiger charge is 1.99. The van der Waals surface area contributed by atoms with Crippen LogP contribution in [-0.2, 0) is 18.4 Å². The third-order valence-corrected chi connectivity index (χ3v) is 1.26. The summed E-state index contributed by atoms with van der Waals surface area (Å²) >= 11 is 0. The lowest BCUT2D eigenvalue weighted by Gasteiger charge is -1.96. The Balaban J connectivity index is 2.81. The Morgan fingerprint density at radius 2 is 2.50 bits per heavy atom. The van der Waals surface area contributed by atoms with Crippen molar-refractivity contribution in [2.24, 2.45) is 7.05 Å². The summed E-state index contributed by atoms with van der Waals surface area (Å²) in [4.78, 5) is 4.02. The van der Waals surface area contributed by atoms with Gasteiger partial charge < -0.3 is 15.0 Å². The van der Waals surface area contributed by atoms with Crippen LogP contribution in [0.4, 0.5) is 5.82 Å². The largest absolute Gasteiger partial charge is 0.382 e. The number of nitrogen functional groups attached to an aromatic ring is 1. The van der Waals surface area contributed by atoms with E-state index < -0.39 is 0 Å². The van der Waals surface area contributed by atoms with E-state index in [0.717, 1.165) is 5.82 Å². The van der Waals surface area contributed by atoms with Gasteiger partial charge in [0.2, 0.25) is 0 Å². The number of aryl methyl sites for hydroxylation is 1. The topological polar surface area (TPSA) is 53.1 Å². The lowest BCUT2D eigenvalue weighted by Crippen LogP contribution is -1.97. The van der Waals surface area contributed by atoms with Gasteiger partial charge in [-0.05, 0) is 0 Å². The number of ether oxygens (including phenoxy) is 1. The first-order valence-electron chi connectivity index (χ1n) is 3.00. The summed E-state index contributed by atoms with van der Waals surface area (Å²) < 4.78 is 6.73. The van der Waals surface area contributed by atoms with E-state index in [-0.39, 0.29) is 0 Å². The first kappa shape index (κ1) is 7.08. The van der Waals surface area contributed by atoms with Gasteiger partial charge in [0.15, 0.2) is 0 Å². The second kappa shape index (κ2) is 2.70.